The summed E-state index contributed by atoms with van der Waals surface area (Å²) in [6.45, 7) is 7.79. The highest BCUT2D eigenvalue weighted by Gasteiger charge is 2.50. The van der Waals surface area contributed by atoms with Crippen molar-refractivity contribution in [1.29, 1.82) is 0 Å². The zero-order chi connectivity index (χ0) is 16.1. The fourth-order valence-electron chi connectivity index (χ4n) is 2.47. The van der Waals surface area contributed by atoms with Gasteiger partial charge < -0.3 is 9.31 Å². The molecule has 0 spiro atoms. The van der Waals surface area contributed by atoms with Gasteiger partial charge in [0, 0.05) is 6.20 Å². The van der Waals surface area contributed by atoms with E-state index in [0.29, 0.717) is 11.1 Å². The number of carbonyl (C=O) groups excluding carboxylic acids is 2. The van der Waals surface area contributed by atoms with Gasteiger partial charge in [-0.2, -0.15) is 0 Å². The Kier molecular flexibility index (Phi) is 3.27. The lowest BCUT2D eigenvalue weighted by atomic mass is 9.90. The summed E-state index contributed by atoms with van der Waals surface area (Å²) in [6.07, 6.45) is 1.44. The fraction of sp³-hybridized carbons (Fsp3) is 0.375. The second-order valence-corrected chi connectivity index (χ2v) is 6.49. The summed E-state index contributed by atoms with van der Waals surface area (Å²) in [4.78, 5) is 25.6. The summed E-state index contributed by atoms with van der Waals surface area (Å²) < 4.78 is 11.6. The summed E-state index contributed by atoms with van der Waals surface area (Å²) in [5.41, 5.74) is -0.0642. The van der Waals surface area contributed by atoms with Crippen LogP contribution in [-0.2, 0) is 9.31 Å². The number of benzene rings is 1. The third kappa shape index (κ3) is 2.19. The van der Waals surface area contributed by atoms with Crippen LogP contribution in [0.15, 0.2) is 36.4 Å². The summed E-state index contributed by atoms with van der Waals surface area (Å²) in [7, 11) is -0.589. The monoisotopic (exact) mass is 299 g/mol. The quantitative estimate of drug-likeness (QED) is 0.621. The summed E-state index contributed by atoms with van der Waals surface area (Å²) in [6, 6.07) is 6.79. The van der Waals surface area contributed by atoms with E-state index in [9.17, 15) is 9.59 Å². The molecule has 2 aliphatic heterocycles. The number of fused-ring (bicyclic) bond motifs is 1. The first kappa shape index (κ1) is 15.0. The first-order chi connectivity index (χ1) is 10.2. The second-order valence-electron chi connectivity index (χ2n) is 6.49. The Hall–Kier alpha value is -1.92. The molecule has 1 fully saturated rings. The maximum absolute atomic E-state index is 12.2. The molecule has 0 saturated carbocycles. The molecule has 0 atom stereocenters. The molecule has 0 bridgehead atoms. The number of nitrogens with zero attached hydrogens (tertiary/aromatic N) is 1. The number of hydrogen-bond donors (Lipinski definition) is 0. The second kappa shape index (κ2) is 4.79. The zero-order valence-corrected chi connectivity index (χ0v) is 13.1. The van der Waals surface area contributed by atoms with Gasteiger partial charge in [-0.25, -0.2) is 0 Å². The molecule has 0 aromatic heterocycles. The average Bonchev–Trinajstić information content (AvgIpc) is 2.80. The molecule has 2 heterocycles. The van der Waals surface area contributed by atoms with Crippen molar-refractivity contribution >= 4 is 18.9 Å². The van der Waals surface area contributed by atoms with Crippen molar-refractivity contribution in [2.75, 3.05) is 0 Å². The molecule has 3 rings (SSSR count). The zero-order valence-electron chi connectivity index (χ0n) is 13.1. The highest BCUT2D eigenvalue weighted by atomic mass is 16.7. The van der Waals surface area contributed by atoms with Crippen LogP contribution in [0.4, 0.5) is 0 Å². The molecule has 114 valence electrons. The van der Waals surface area contributed by atoms with Crippen molar-refractivity contribution in [3.05, 3.63) is 47.6 Å². The third-order valence-corrected chi connectivity index (χ3v) is 4.49. The van der Waals surface area contributed by atoms with E-state index in [1.807, 2.05) is 27.7 Å². The Bertz CT molecular complexity index is 629. The van der Waals surface area contributed by atoms with E-state index < -0.39 is 18.3 Å². The van der Waals surface area contributed by atoms with E-state index in [2.05, 4.69) is 0 Å². The van der Waals surface area contributed by atoms with Crippen LogP contribution in [0.5, 0.6) is 0 Å². The molecule has 2 amide bonds. The van der Waals surface area contributed by atoms with Gasteiger partial charge >= 0.3 is 7.12 Å². The van der Waals surface area contributed by atoms with Gasteiger partial charge in [0.15, 0.2) is 0 Å². The van der Waals surface area contributed by atoms with Gasteiger partial charge in [-0.1, -0.05) is 12.1 Å². The minimum absolute atomic E-state index is 0.326. The van der Waals surface area contributed by atoms with Gasteiger partial charge in [-0.05, 0) is 45.8 Å². The van der Waals surface area contributed by atoms with Crippen molar-refractivity contribution in [1.82, 2.24) is 4.90 Å². The summed E-state index contributed by atoms with van der Waals surface area (Å²) >= 11 is 0. The minimum atomic E-state index is -0.589. The molecular formula is C16H18BNO4. The molecule has 0 aliphatic carbocycles. The highest BCUT2D eigenvalue weighted by molar-refractivity contribution is 6.51. The first-order valence-electron chi connectivity index (χ1n) is 7.24. The SMILES string of the molecule is CC1(C)OB(C=CN2C(=O)c3ccccc3C2=O)OC1(C)C. The van der Waals surface area contributed by atoms with E-state index in [0.717, 1.165) is 4.90 Å². The lowest BCUT2D eigenvalue weighted by Gasteiger charge is -2.32. The van der Waals surface area contributed by atoms with E-state index in [-0.39, 0.29) is 11.8 Å². The lowest BCUT2D eigenvalue weighted by molar-refractivity contribution is 0.00578. The van der Waals surface area contributed by atoms with Crippen molar-refractivity contribution in [3.63, 3.8) is 0 Å². The van der Waals surface area contributed by atoms with Gasteiger partial charge in [-0.15, -0.1) is 0 Å². The van der Waals surface area contributed by atoms with Crippen LogP contribution < -0.4 is 0 Å². The predicted molar refractivity (Wildman–Crippen MR) is 82.2 cm³/mol. The average molecular weight is 299 g/mol. The van der Waals surface area contributed by atoms with Crippen LogP contribution in [0.3, 0.4) is 0 Å². The van der Waals surface area contributed by atoms with Crippen LogP contribution >= 0.6 is 0 Å². The third-order valence-electron chi connectivity index (χ3n) is 4.49. The maximum Gasteiger partial charge on any atom is 0.488 e. The molecule has 1 saturated heterocycles. The van der Waals surface area contributed by atoms with Crippen LogP contribution in [0.25, 0.3) is 0 Å². The molecule has 0 radical (unpaired) electrons. The molecule has 1 aromatic carbocycles. The fourth-order valence-corrected chi connectivity index (χ4v) is 2.47. The van der Waals surface area contributed by atoms with Gasteiger partial charge in [-0.3, -0.25) is 14.5 Å². The van der Waals surface area contributed by atoms with Crippen LogP contribution in [0.2, 0.25) is 0 Å². The molecule has 5 nitrogen and oxygen atoms in total. The van der Waals surface area contributed by atoms with Crippen molar-refractivity contribution < 1.29 is 18.9 Å². The van der Waals surface area contributed by atoms with Gasteiger partial charge in [0.05, 0.1) is 22.3 Å². The topological polar surface area (TPSA) is 55.8 Å². The van der Waals surface area contributed by atoms with Gasteiger partial charge in [0.2, 0.25) is 0 Å². The van der Waals surface area contributed by atoms with Crippen LogP contribution in [-0.4, -0.2) is 35.0 Å². The Morgan fingerprint density at radius 1 is 0.955 bits per heavy atom. The van der Waals surface area contributed by atoms with Crippen molar-refractivity contribution in [2.45, 2.75) is 38.9 Å². The molecule has 22 heavy (non-hydrogen) atoms. The summed E-state index contributed by atoms with van der Waals surface area (Å²) in [5.74, 6) is 0.944. The van der Waals surface area contributed by atoms with Crippen molar-refractivity contribution in [2.24, 2.45) is 0 Å². The van der Waals surface area contributed by atoms with E-state index in [4.69, 9.17) is 9.31 Å². The Morgan fingerprint density at radius 2 is 1.41 bits per heavy atom. The largest absolute Gasteiger partial charge is 0.488 e. The van der Waals surface area contributed by atoms with Crippen molar-refractivity contribution in [3.8, 4) is 0 Å². The smallest absolute Gasteiger partial charge is 0.400 e. The van der Waals surface area contributed by atoms with Gasteiger partial charge in [0.25, 0.3) is 11.8 Å². The van der Waals surface area contributed by atoms with E-state index in [1.165, 1.54) is 6.20 Å². The minimum Gasteiger partial charge on any atom is -0.400 e. The Balaban J connectivity index is 1.79. The first-order valence-corrected chi connectivity index (χ1v) is 7.24. The molecular weight excluding hydrogens is 281 g/mol. The summed E-state index contributed by atoms with van der Waals surface area (Å²) in [5, 5.41) is 0. The molecule has 0 unspecified atom stereocenters. The number of amides is 2. The number of carbonyl (C=O) groups is 2. The standard InChI is InChI=1S/C16H18BNO4/c1-15(2)16(3,4)22-17(21-15)9-10-18-13(19)11-7-5-6-8-12(11)14(18)20/h5-10H,1-4H3. The maximum atomic E-state index is 12.2. The highest BCUT2D eigenvalue weighted by Crippen LogP contribution is 2.37. The molecule has 6 heteroatoms. The Morgan fingerprint density at radius 3 is 1.86 bits per heavy atom. The number of hydrogen-bond acceptors (Lipinski definition) is 4. The lowest BCUT2D eigenvalue weighted by Crippen LogP contribution is -2.41. The molecule has 1 aromatic rings. The van der Waals surface area contributed by atoms with E-state index >= 15 is 0 Å². The normalized spacial score (nSPS) is 22.7. The molecule has 2 aliphatic rings. The van der Waals surface area contributed by atoms with E-state index in [1.54, 1.807) is 30.2 Å². The molecule has 0 N–H and O–H groups in total. The number of rotatable bonds is 2. The van der Waals surface area contributed by atoms with Crippen LogP contribution in [0.1, 0.15) is 48.4 Å². The number of imide groups is 1. The Labute approximate surface area is 130 Å². The predicted octanol–water partition coefficient (Wildman–Crippen LogP) is 2.43. The van der Waals surface area contributed by atoms with Crippen LogP contribution in [0, 0.1) is 0 Å². The van der Waals surface area contributed by atoms with Gasteiger partial charge in [0.1, 0.15) is 0 Å².